The Morgan fingerprint density at radius 3 is 2.90 bits per heavy atom. The van der Waals surface area contributed by atoms with Crippen LogP contribution in [0.15, 0.2) is 18.2 Å². The van der Waals surface area contributed by atoms with Crippen LogP contribution in [0.25, 0.3) is 0 Å². The zero-order valence-corrected chi connectivity index (χ0v) is 11.8. The molecule has 1 aliphatic rings. The maximum Gasteiger partial charge on any atom is 0.304 e. The fourth-order valence-corrected chi connectivity index (χ4v) is 2.43. The quantitative estimate of drug-likeness (QED) is 0.773. The van der Waals surface area contributed by atoms with Crippen molar-refractivity contribution in [3.05, 3.63) is 29.3 Å². The van der Waals surface area contributed by atoms with Gasteiger partial charge < -0.3 is 10.4 Å². The first-order chi connectivity index (χ1) is 9.45. The van der Waals surface area contributed by atoms with Gasteiger partial charge in [-0.1, -0.05) is 0 Å². The average Bonchev–Trinajstić information content (AvgIpc) is 2.75. The maximum atomic E-state index is 12.2. The first-order valence-corrected chi connectivity index (χ1v) is 6.78. The molecule has 5 heteroatoms. The number of hydrogen-bond acceptors (Lipinski definition) is 4. The molecule has 1 atom stereocenters. The van der Waals surface area contributed by atoms with Crippen LogP contribution >= 0.6 is 0 Å². The van der Waals surface area contributed by atoms with Crippen molar-refractivity contribution in [1.29, 1.82) is 0 Å². The van der Waals surface area contributed by atoms with Crippen LogP contribution in [0.2, 0.25) is 0 Å². The number of nitrogens with zero attached hydrogens (tertiary/aromatic N) is 1. The van der Waals surface area contributed by atoms with Gasteiger partial charge in [0.05, 0.1) is 13.0 Å². The minimum Gasteiger partial charge on any atom is -0.481 e. The van der Waals surface area contributed by atoms with Gasteiger partial charge in [0.25, 0.3) is 0 Å². The molecule has 0 radical (unpaired) electrons. The molecule has 1 aromatic carbocycles. The average molecular weight is 276 g/mol. The Hall–Kier alpha value is -1.88. The summed E-state index contributed by atoms with van der Waals surface area (Å²) in [4.78, 5) is 24.4. The molecule has 0 aliphatic carbocycles. The molecule has 0 fully saturated rings. The molecule has 0 aromatic heterocycles. The van der Waals surface area contributed by atoms with E-state index < -0.39 is 5.97 Å². The number of anilines is 1. The van der Waals surface area contributed by atoms with E-state index in [0.29, 0.717) is 18.2 Å². The van der Waals surface area contributed by atoms with E-state index in [-0.39, 0.29) is 18.7 Å². The lowest BCUT2D eigenvalue weighted by atomic mass is 10.0. The van der Waals surface area contributed by atoms with Gasteiger partial charge in [0.1, 0.15) is 0 Å². The van der Waals surface area contributed by atoms with Crippen LogP contribution in [0.1, 0.15) is 29.3 Å². The highest BCUT2D eigenvalue weighted by atomic mass is 16.4. The van der Waals surface area contributed by atoms with E-state index >= 15 is 0 Å². The number of likely N-dealkylation sites (N-methyl/N-ethyl adjacent to an activating group) is 1. The smallest absolute Gasteiger partial charge is 0.304 e. The van der Waals surface area contributed by atoms with Crippen LogP contribution < -0.4 is 5.32 Å². The SMILES string of the molecule is CC1Cc2cc(C(=O)CN(C)CCC(=O)O)ccc2N1. The molecule has 0 saturated heterocycles. The van der Waals surface area contributed by atoms with Crippen molar-refractivity contribution in [1.82, 2.24) is 4.90 Å². The molecule has 2 rings (SSSR count). The predicted octanol–water partition coefficient (Wildman–Crippen LogP) is 1.63. The third-order valence-electron chi connectivity index (χ3n) is 3.48. The summed E-state index contributed by atoms with van der Waals surface area (Å²) in [6.45, 7) is 2.74. The van der Waals surface area contributed by atoms with E-state index in [0.717, 1.165) is 12.1 Å². The Morgan fingerprint density at radius 1 is 1.45 bits per heavy atom. The van der Waals surface area contributed by atoms with E-state index in [4.69, 9.17) is 5.11 Å². The largest absolute Gasteiger partial charge is 0.481 e. The second-order valence-electron chi connectivity index (χ2n) is 5.43. The van der Waals surface area contributed by atoms with Crippen molar-refractivity contribution < 1.29 is 14.7 Å². The minimum atomic E-state index is -0.845. The molecule has 0 amide bonds. The van der Waals surface area contributed by atoms with Crippen LogP contribution in [-0.4, -0.2) is 47.9 Å². The normalized spacial score (nSPS) is 16.9. The third kappa shape index (κ3) is 3.57. The Kier molecular flexibility index (Phi) is 4.39. The molecule has 0 spiro atoms. The fraction of sp³-hybridized carbons (Fsp3) is 0.467. The number of ketones is 1. The highest BCUT2D eigenvalue weighted by Gasteiger charge is 2.18. The summed E-state index contributed by atoms with van der Waals surface area (Å²) in [5, 5.41) is 12.0. The van der Waals surface area contributed by atoms with Crippen LogP contribution in [0.3, 0.4) is 0 Å². The third-order valence-corrected chi connectivity index (χ3v) is 3.48. The molecular formula is C15H20N2O3. The summed E-state index contributed by atoms with van der Waals surface area (Å²) < 4.78 is 0. The fourth-order valence-electron chi connectivity index (χ4n) is 2.43. The summed E-state index contributed by atoms with van der Waals surface area (Å²) in [5.74, 6) is -0.817. The van der Waals surface area contributed by atoms with Gasteiger partial charge >= 0.3 is 5.97 Å². The number of fused-ring (bicyclic) bond motifs is 1. The van der Waals surface area contributed by atoms with Gasteiger partial charge in [0.2, 0.25) is 0 Å². The molecule has 1 aliphatic heterocycles. The summed E-state index contributed by atoms with van der Waals surface area (Å²) in [6.07, 6.45) is 0.987. The Balaban J connectivity index is 1.96. The van der Waals surface area contributed by atoms with E-state index in [9.17, 15) is 9.59 Å². The summed E-state index contributed by atoms with van der Waals surface area (Å²) in [5.41, 5.74) is 2.98. The lowest BCUT2D eigenvalue weighted by Crippen LogP contribution is -2.28. The van der Waals surface area contributed by atoms with E-state index in [1.54, 1.807) is 11.9 Å². The van der Waals surface area contributed by atoms with Crippen molar-refractivity contribution in [2.24, 2.45) is 0 Å². The summed E-state index contributed by atoms with van der Waals surface area (Å²) in [7, 11) is 1.76. The molecule has 0 bridgehead atoms. The lowest BCUT2D eigenvalue weighted by molar-refractivity contribution is -0.137. The lowest BCUT2D eigenvalue weighted by Gasteiger charge is -2.14. The predicted molar refractivity (Wildman–Crippen MR) is 77.3 cm³/mol. The number of hydrogen-bond donors (Lipinski definition) is 2. The number of Topliss-reactive ketones (excluding diaryl/α,β-unsaturated/α-hetero) is 1. The van der Waals surface area contributed by atoms with E-state index in [2.05, 4.69) is 12.2 Å². The van der Waals surface area contributed by atoms with E-state index in [1.165, 1.54) is 5.56 Å². The molecule has 5 nitrogen and oxygen atoms in total. The molecule has 1 aromatic rings. The van der Waals surface area contributed by atoms with Gasteiger partial charge in [-0.2, -0.15) is 0 Å². The van der Waals surface area contributed by atoms with Crippen LogP contribution in [0, 0.1) is 0 Å². The monoisotopic (exact) mass is 276 g/mol. The number of rotatable bonds is 6. The molecule has 108 valence electrons. The first kappa shape index (κ1) is 14.5. The minimum absolute atomic E-state index is 0.0280. The number of carboxylic acid groups (broad SMARTS) is 1. The van der Waals surface area contributed by atoms with Crippen LogP contribution in [0.5, 0.6) is 0 Å². The first-order valence-electron chi connectivity index (χ1n) is 6.78. The number of benzene rings is 1. The number of carbonyl (C=O) groups is 2. The van der Waals surface area contributed by atoms with E-state index in [1.807, 2.05) is 18.2 Å². The number of aliphatic carboxylic acids is 1. The van der Waals surface area contributed by atoms with Crippen molar-refractivity contribution in [2.45, 2.75) is 25.8 Å². The molecule has 1 heterocycles. The molecule has 2 N–H and O–H groups in total. The van der Waals surface area contributed by atoms with Gasteiger partial charge in [-0.05, 0) is 44.2 Å². The Bertz CT molecular complexity index is 528. The van der Waals surface area contributed by atoms with Crippen LogP contribution in [0.4, 0.5) is 5.69 Å². The second-order valence-corrected chi connectivity index (χ2v) is 5.43. The van der Waals surface area contributed by atoms with Gasteiger partial charge in [0.15, 0.2) is 5.78 Å². The topological polar surface area (TPSA) is 69.6 Å². The van der Waals surface area contributed by atoms with Gasteiger partial charge in [-0.3, -0.25) is 14.5 Å². The highest BCUT2D eigenvalue weighted by molar-refractivity contribution is 5.98. The molecular weight excluding hydrogens is 256 g/mol. The maximum absolute atomic E-state index is 12.2. The van der Waals surface area contributed by atoms with Crippen LogP contribution in [-0.2, 0) is 11.2 Å². The molecule has 0 saturated carbocycles. The zero-order chi connectivity index (χ0) is 14.7. The number of nitrogens with one attached hydrogen (secondary N) is 1. The molecule has 1 unspecified atom stereocenters. The van der Waals surface area contributed by atoms with Gasteiger partial charge in [-0.15, -0.1) is 0 Å². The number of carboxylic acids is 1. The Labute approximate surface area is 118 Å². The highest BCUT2D eigenvalue weighted by Crippen LogP contribution is 2.26. The second kappa shape index (κ2) is 6.05. The van der Waals surface area contributed by atoms with Crippen molar-refractivity contribution in [3.8, 4) is 0 Å². The summed E-state index contributed by atoms with van der Waals surface area (Å²) >= 11 is 0. The molecule has 20 heavy (non-hydrogen) atoms. The number of carbonyl (C=O) groups excluding carboxylic acids is 1. The van der Waals surface area contributed by atoms with Crippen molar-refractivity contribution in [3.63, 3.8) is 0 Å². The van der Waals surface area contributed by atoms with Crippen molar-refractivity contribution in [2.75, 3.05) is 25.5 Å². The standard InChI is InChI=1S/C15H20N2O3/c1-10-7-12-8-11(3-4-13(12)16-10)14(18)9-17(2)6-5-15(19)20/h3-4,8,10,16H,5-7,9H2,1-2H3,(H,19,20). The van der Waals surface area contributed by atoms with Gasteiger partial charge in [0, 0.05) is 23.8 Å². The van der Waals surface area contributed by atoms with Crippen molar-refractivity contribution >= 4 is 17.4 Å². The zero-order valence-electron chi connectivity index (χ0n) is 11.8. The summed E-state index contributed by atoms with van der Waals surface area (Å²) in [6, 6.07) is 6.13. The Morgan fingerprint density at radius 2 is 2.20 bits per heavy atom. The van der Waals surface area contributed by atoms with Gasteiger partial charge in [-0.25, -0.2) is 0 Å².